The van der Waals surface area contributed by atoms with Crippen LogP contribution in [0.4, 0.5) is 5.69 Å². The van der Waals surface area contributed by atoms with Crippen LogP contribution in [-0.2, 0) is 6.42 Å². The third-order valence-corrected chi connectivity index (χ3v) is 5.19. The number of hydrogen-bond donors (Lipinski definition) is 1. The Labute approximate surface area is 136 Å². The number of nitrogens with one attached hydrogen (secondary N) is 1. The van der Waals surface area contributed by atoms with Crippen LogP contribution in [0.1, 0.15) is 29.4 Å². The molecule has 1 aliphatic rings. The fourth-order valence-electron chi connectivity index (χ4n) is 3.05. The van der Waals surface area contributed by atoms with E-state index in [0.717, 1.165) is 31.7 Å². The molecule has 1 atom stereocenters. The summed E-state index contributed by atoms with van der Waals surface area (Å²) in [5.41, 5.74) is 2.68. The molecule has 0 radical (unpaired) electrons. The molecular formula is C18H24N2OS. The van der Waals surface area contributed by atoms with Crippen LogP contribution in [0.3, 0.4) is 0 Å². The fourth-order valence-corrected chi connectivity index (χ4v) is 3.84. The van der Waals surface area contributed by atoms with Crippen LogP contribution in [0, 0.1) is 0 Å². The number of ether oxygens (including phenoxy) is 1. The molecule has 1 aromatic heterocycles. The third kappa shape index (κ3) is 3.28. The number of fused-ring (bicyclic) bond motifs is 1. The summed E-state index contributed by atoms with van der Waals surface area (Å²) in [4.78, 5) is 3.64. The quantitative estimate of drug-likeness (QED) is 0.876. The second-order valence-electron chi connectivity index (χ2n) is 5.79. The Morgan fingerprint density at radius 1 is 1.32 bits per heavy atom. The number of benzene rings is 1. The van der Waals surface area contributed by atoms with Gasteiger partial charge in [-0.15, -0.1) is 11.3 Å². The summed E-state index contributed by atoms with van der Waals surface area (Å²) in [5, 5.41) is 5.36. The van der Waals surface area contributed by atoms with E-state index in [-0.39, 0.29) is 6.10 Å². The maximum absolute atomic E-state index is 6.45. The smallest absolute Gasteiger partial charge is 0.134 e. The van der Waals surface area contributed by atoms with Gasteiger partial charge in [-0.1, -0.05) is 12.1 Å². The Morgan fingerprint density at radius 3 is 3.00 bits per heavy atom. The van der Waals surface area contributed by atoms with Crippen molar-refractivity contribution in [3.05, 3.63) is 46.2 Å². The average molecular weight is 316 g/mol. The van der Waals surface area contributed by atoms with Gasteiger partial charge >= 0.3 is 0 Å². The van der Waals surface area contributed by atoms with Crippen molar-refractivity contribution in [3.8, 4) is 5.75 Å². The predicted octanol–water partition coefficient (Wildman–Crippen LogP) is 3.86. The van der Waals surface area contributed by atoms with Crippen LogP contribution in [0.25, 0.3) is 0 Å². The van der Waals surface area contributed by atoms with E-state index in [1.54, 1.807) is 11.3 Å². The first kappa shape index (κ1) is 15.4. The molecule has 3 rings (SSSR count). The molecule has 0 fully saturated rings. The second kappa shape index (κ2) is 7.16. The van der Waals surface area contributed by atoms with Crippen LogP contribution < -0.4 is 15.0 Å². The Kier molecular flexibility index (Phi) is 5.01. The standard InChI is InChI=1S/C18H24N2OS/c1-19-11-10-17(18-9-5-13-22-18)21-16-8-3-7-15-14(16)6-4-12-20(15)2/h3,5,7-9,13,17,19H,4,6,10-12H2,1-2H3/t17-/m0/s1. The minimum absolute atomic E-state index is 0.131. The molecule has 118 valence electrons. The minimum Gasteiger partial charge on any atom is -0.484 e. The van der Waals surface area contributed by atoms with Gasteiger partial charge in [0, 0.05) is 36.1 Å². The maximum atomic E-state index is 6.45. The molecule has 3 nitrogen and oxygen atoms in total. The molecule has 1 aliphatic heterocycles. The highest BCUT2D eigenvalue weighted by Gasteiger charge is 2.21. The van der Waals surface area contributed by atoms with Gasteiger partial charge in [-0.2, -0.15) is 0 Å². The van der Waals surface area contributed by atoms with Crippen LogP contribution in [0.2, 0.25) is 0 Å². The van der Waals surface area contributed by atoms with Crippen molar-refractivity contribution in [3.63, 3.8) is 0 Å². The molecule has 1 aromatic carbocycles. The van der Waals surface area contributed by atoms with Crippen molar-refractivity contribution in [1.29, 1.82) is 0 Å². The SMILES string of the molecule is CNCC[C@H](Oc1cccc2c1CCCN2C)c1cccs1. The first-order chi connectivity index (χ1) is 10.8. The lowest BCUT2D eigenvalue weighted by Crippen LogP contribution is -2.25. The van der Waals surface area contributed by atoms with Crippen LogP contribution >= 0.6 is 11.3 Å². The van der Waals surface area contributed by atoms with Gasteiger partial charge in [-0.3, -0.25) is 0 Å². The molecule has 0 amide bonds. The van der Waals surface area contributed by atoms with Crippen molar-refractivity contribution in [1.82, 2.24) is 5.32 Å². The van der Waals surface area contributed by atoms with Gasteiger partial charge in [0.15, 0.2) is 0 Å². The van der Waals surface area contributed by atoms with Crippen LogP contribution in [-0.4, -0.2) is 27.2 Å². The third-order valence-electron chi connectivity index (χ3n) is 4.23. The number of anilines is 1. The van der Waals surface area contributed by atoms with Crippen LogP contribution in [0.15, 0.2) is 35.7 Å². The molecule has 0 bridgehead atoms. The maximum Gasteiger partial charge on any atom is 0.134 e. The summed E-state index contributed by atoms with van der Waals surface area (Å²) in [6.45, 7) is 2.09. The number of nitrogens with zero attached hydrogens (tertiary/aromatic N) is 1. The highest BCUT2D eigenvalue weighted by Crippen LogP contribution is 2.36. The Bertz CT molecular complexity index is 597. The fraction of sp³-hybridized carbons (Fsp3) is 0.444. The summed E-state index contributed by atoms with van der Waals surface area (Å²) in [6.07, 6.45) is 3.42. The van der Waals surface area contributed by atoms with Crippen LogP contribution in [0.5, 0.6) is 5.75 Å². The summed E-state index contributed by atoms with van der Waals surface area (Å²) in [7, 11) is 4.16. The van der Waals surface area contributed by atoms with E-state index in [9.17, 15) is 0 Å². The second-order valence-corrected chi connectivity index (χ2v) is 6.77. The molecule has 2 heterocycles. The van der Waals surface area contributed by atoms with Gasteiger partial charge in [0.25, 0.3) is 0 Å². The highest BCUT2D eigenvalue weighted by molar-refractivity contribution is 7.10. The van der Waals surface area contributed by atoms with Gasteiger partial charge < -0.3 is 15.0 Å². The van der Waals surface area contributed by atoms with Crippen molar-refractivity contribution in [2.45, 2.75) is 25.4 Å². The summed E-state index contributed by atoms with van der Waals surface area (Å²) < 4.78 is 6.45. The zero-order valence-corrected chi connectivity index (χ0v) is 14.2. The van der Waals surface area contributed by atoms with E-state index < -0.39 is 0 Å². The van der Waals surface area contributed by atoms with Crippen molar-refractivity contribution in [2.24, 2.45) is 0 Å². The van der Waals surface area contributed by atoms with E-state index in [1.165, 1.54) is 22.5 Å². The summed E-state index contributed by atoms with van der Waals surface area (Å²) >= 11 is 1.78. The van der Waals surface area contributed by atoms with Crippen molar-refractivity contribution < 1.29 is 4.74 Å². The monoisotopic (exact) mass is 316 g/mol. The van der Waals surface area contributed by atoms with Crippen molar-refractivity contribution in [2.75, 3.05) is 32.1 Å². The largest absolute Gasteiger partial charge is 0.484 e. The van der Waals surface area contributed by atoms with Crippen molar-refractivity contribution >= 4 is 17.0 Å². The van der Waals surface area contributed by atoms with Gasteiger partial charge in [0.1, 0.15) is 11.9 Å². The van der Waals surface area contributed by atoms with Gasteiger partial charge in [0.05, 0.1) is 0 Å². The Morgan fingerprint density at radius 2 is 2.23 bits per heavy atom. The molecule has 22 heavy (non-hydrogen) atoms. The molecule has 0 unspecified atom stereocenters. The lowest BCUT2D eigenvalue weighted by Gasteiger charge is -2.30. The summed E-state index contributed by atoms with van der Waals surface area (Å²) in [5.74, 6) is 1.05. The van der Waals surface area contributed by atoms with Gasteiger partial charge in [0.2, 0.25) is 0 Å². The first-order valence-electron chi connectivity index (χ1n) is 7.97. The lowest BCUT2D eigenvalue weighted by atomic mass is 10.0. The highest BCUT2D eigenvalue weighted by atomic mass is 32.1. The van der Waals surface area contributed by atoms with Gasteiger partial charge in [-0.25, -0.2) is 0 Å². The Hall–Kier alpha value is -1.52. The van der Waals surface area contributed by atoms with E-state index in [0.29, 0.717) is 0 Å². The zero-order valence-electron chi connectivity index (χ0n) is 13.3. The molecule has 4 heteroatoms. The number of thiophene rings is 1. The average Bonchev–Trinajstić information content (AvgIpc) is 3.06. The van der Waals surface area contributed by atoms with E-state index >= 15 is 0 Å². The lowest BCUT2D eigenvalue weighted by molar-refractivity contribution is 0.196. The Balaban J connectivity index is 1.85. The molecule has 2 aromatic rings. The minimum atomic E-state index is 0.131. The molecule has 0 saturated heterocycles. The molecule has 0 spiro atoms. The van der Waals surface area contributed by atoms with E-state index in [1.807, 2.05) is 7.05 Å². The number of hydrogen-bond acceptors (Lipinski definition) is 4. The zero-order chi connectivity index (χ0) is 15.4. The molecule has 0 aliphatic carbocycles. The molecule has 0 saturated carbocycles. The molecule has 1 N–H and O–H groups in total. The predicted molar refractivity (Wildman–Crippen MR) is 94.3 cm³/mol. The first-order valence-corrected chi connectivity index (χ1v) is 8.85. The van der Waals surface area contributed by atoms with E-state index in [2.05, 4.69) is 53.0 Å². The normalized spacial score (nSPS) is 15.5. The van der Waals surface area contributed by atoms with Gasteiger partial charge in [-0.05, 0) is 50.0 Å². The van der Waals surface area contributed by atoms with E-state index in [4.69, 9.17) is 4.74 Å². The number of rotatable bonds is 6. The summed E-state index contributed by atoms with van der Waals surface area (Å²) in [6, 6.07) is 10.7. The topological polar surface area (TPSA) is 24.5 Å². The molecular weight excluding hydrogens is 292 g/mol.